The van der Waals surface area contributed by atoms with Gasteiger partial charge in [0.1, 0.15) is 29.3 Å². The fourth-order valence-electron chi connectivity index (χ4n) is 4.81. The Hall–Kier alpha value is -4.85. The predicted octanol–water partition coefficient (Wildman–Crippen LogP) is 4.56. The van der Waals surface area contributed by atoms with Crippen molar-refractivity contribution in [2.24, 2.45) is 5.73 Å². The summed E-state index contributed by atoms with van der Waals surface area (Å²) in [5, 5.41) is 5.32. The van der Waals surface area contributed by atoms with Crippen LogP contribution in [0.3, 0.4) is 0 Å². The number of carbonyl (C=O) groups excluding carboxylic acids is 5. The van der Waals surface area contributed by atoms with Crippen molar-refractivity contribution in [1.29, 1.82) is 0 Å². The Morgan fingerprint density at radius 1 is 0.833 bits per heavy atom. The van der Waals surface area contributed by atoms with Crippen LogP contribution in [0.5, 0.6) is 0 Å². The summed E-state index contributed by atoms with van der Waals surface area (Å²) in [6.07, 6.45) is 4.56. The number of primary amides is 1. The maximum absolute atomic E-state index is 14.6. The van der Waals surface area contributed by atoms with Crippen LogP contribution >= 0.6 is 0 Å². The quantitative estimate of drug-likeness (QED) is 0.210. The van der Waals surface area contributed by atoms with E-state index in [1.807, 2.05) is 37.3 Å². The van der Waals surface area contributed by atoms with E-state index in [1.165, 1.54) is 4.90 Å². The molecule has 2 aromatic rings. The van der Waals surface area contributed by atoms with Gasteiger partial charge < -0.3 is 30.7 Å². The SMILES string of the molecule is C#Cc1ccc(C(C(=O)NC(Cc2ccccc2)C(=O)OC(C)(C)C)N(C(=O)C(CC(N)=O)NC(=O)OC(C)(C)C)C(C)(C)CC)cc1. The molecular formula is C37H50N4O7. The molecule has 0 saturated heterocycles. The molecule has 4 N–H and O–H groups in total. The number of rotatable bonds is 13. The number of amides is 4. The fraction of sp³-hybridized carbons (Fsp3) is 0.486. The van der Waals surface area contributed by atoms with Crippen molar-refractivity contribution in [2.45, 2.75) is 116 Å². The highest BCUT2D eigenvalue weighted by Gasteiger charge is 2.44. The van der Waals surface area contributed by atoms with E-state index in [9.17, 15) is 24.0 Å². The lowest BCUT2D eigenvalue weighted by atomic mass is 9.91. The van der Waals surface area contributed by atoms with Crippen molar-refractivity contribution in [1.82, 2.24) is 15.5 Å². The molecule has 0 aliphatic heterocycles. The molecule has 0 spiro atoms. The highest BCUT2D eigenvalue weighted by atomic mass is 16.6. The molecule has 260 valence electrons. The first-order valence-corrected chi connectivity index (χ1v) is 15.9. The Labute approximate surface area is 284 Å². The van der Waals surface area contributed by atoms with Crippen LogP contribution in [0.25, 0.3) is 0 Å². The Morgan fingerprint density at radius 2 is 1.40 bits per heavy atom. The number of nitrogens with two attached hydrogens (primary N) is 1. The molecule has 4 amide bonds. The minimum atomic E-state index is -1.48. The van der Waals surface area contributed by atoms with Crippen LogP contribution < -0.4 is 16.4 Å². The van der Waals surface area contributed by atoms with Gasteiger partial charge in [0.05, 0.1) is 6.42 Å². The number of terminal acetylenes is 1. The van der Waals surface area contributed by atoms with Crippen molar-refractivity contribution in [2.75, 3.05) is 0 Å². The van der Waals surface area contributed by atoms with Crippen LogP contribution in [-0.2, 0) is 35.1 Å². The first-order chi connectivity index (χ1) is 22.2. The number of esters is 1. The van der Waals surface area contributed by atoms with E-state index in [0.29, 0.717) is 17.5 Å². The average Bonchev–Trinajstić information content (AvgIpc) is 2.97. The van der Waals surface area contributed by atoms with Gasteiger partial charge in [-0.3, -0.25) is 14.4 Å². The highest BCUT2D eigenvalue weighted by molar-refractivity contribution is 5.96. The number of hydrogen-bond acceptors (Lipinski definition) is 7. The van der Waals surface area contributed by atoms with E-state index >= 15 is 0 Å². The summed E-state index contributed by atoms with van der Waals surface area (Å²) in [6.45, 7) is 15.5. The van der Waals surface area contributed by atoms with Gasteiger partial charge in [0.25, 0.3) is 0 Å². The molecule has 3 atom stereocenters. The van der Waals surface area contributed by atoms with Crippen molar-refractivity contribution >= 4 is 29.8 Å². The third-order valence-corrected chi connectivity index (χ3v) is 7.34. The summed E-state index contributed by atoms with van der Waals surface area (Å²) < 4.78 is 11.0. The third-order valence-electron chi connectivity index (χ3n) is 7.34. The topological polar surface area (TPSA) is 157 Å². The van der Waals surface area contributed by atoms with E-state index in [1.54, 1.807) is 79.7 Å². The zero-order chi connectivity index (χ0) is 36.4. The third kappa shape index (κ3) is 12.1. The first-order valence-electron chi connectivity index (χ1n) is 15.9. The zero-order valence-electron chi connectivity index (χ0n) is 29.5. The monoisotopic (exact) mass is 662 g/mol. The molecule has 2 aromatic carbocycles. The van der Waals surface area contributed by atoms with Crippen LogP contribution in [0.2, 0.25) is 0 Å². The highest BCUT2D eigenvalue weighted by Crippen LogP contribution is 2.33. The Morgan fingerprint density at radius 3 is 1.88 bits per heavy atom. The first kappa shape index (κ1) is 39.3. The molecule has 48 heavy (non-hydrogen) atoms. The van der Waals surface area contributed by atoms with Crippen molar-refractivity contribution in [3.05, 3.63) is 71.3 Å². The fourth-order valence-corrected chi connectivity index (χ4v) is 4.81. The van der Waals surface area contributed by atoms with Crippen LogP contribution in [0.4, 0.5) is 4.79 Å². The number of ether oxygens (including phenoxy) is 2. The summed E-state index contributed by atoms with van der Waals surface area (Å²) in [6, 6.07) is 11.7. The van der Waals surface area contributed by atoms with Crippen molar-refractivity contribution < 1.29 is 33.4 Å². The second-order valence-electron chi connectivity index (χ2n) is 14.2. The number of hydrogen-bond donors (Lipinski definition) is 3. The van der Waals surface area contributed by atoms with Gasteiger partial charge in [0.2, 0.25) is 17.7 Å². The van der Waals surface area contributed by atoms with E-state index in [4.69, 9.17) is 21.6 Å². The minimum absolute atomic E-state index is 0.111. The second kappa shape index (κ2) is 16.3. The van der Waals surface area contributed by atoms with Gasteiger partial charge in [-0.15, -0.1) is 6.42 Å². The van der Waals surface area contributed by atoms with Crippen LogP contribution in [0, 0.1) is 12.3 Å². The van der Waals surface area contributed by atoms with Crippen LogP contribution in [0.1, 0.15) is 97.9 Å². The summed E-state index contributed by atoms with van der Waals surface area (Å²) >= 11 is 0. The molecule has 2 rings (SSSR count). The summed E-state index contributed by atoms with van der Waals surface area (Å²) in [5.41, 5.74) is 4.44. The number of carbonyl (C=O) groups is 5. The average molecular weight is 663 g/mol. The molecule has 0 aromatic heterocycles. The second-order valence-corrected chi connectivity index (χ2v) is 14.2. The van der Waals surface area contributed by atoms with Crippen molar-refractivity contribution in [3.8, 4) is 12.3 Å². The molecule has 0 heterocycles. The number of nitrogens with one attached hydrogen (secondary N) is 2. The molecule has 0 bridgehead atoms. The molecule has 11 heteroatoms. The van der Waals surface area contributed by atoms with Gasteiger partial charge in [0.15, 0.2) is 0 Å². The Kier molecular flexibility index (Phi) is 13.4. The maximum Gasteiger partial charge on any atom is 0.408 e. The molecule has 3 unspecified atom stereocenters. The van der Waals surface area contributed by atoms with Gasteiger partial charge in [-0.05, 0) is 85.1 Å². The van der Waals surface area contributed by atoms with Crippen LogP contribution in [-0.4, -0.2) is 63.5 Å². The van der Waals surface area contributed by atoms with Crippen LogP contribution in [0.15, 0.2) is 54.6 Å². The Balaban J connectivity index is 2.73. The van der Waals surface area contributed by atoms with Gasteiger partial charge in [-0.1, -0.05) is 55.3 Å². The molecular weight excluding hydrogens is 612 g/mol. The minimum Gasteiger partial charge on any atom is -0.458 e. The molecule has 0 fully saturated rings. The lowest BCUT2D eigenvalue weighted by molar-refractivity contribution is -0.159. The maximum atomic E-state index is 14.6. The van der Waals surface area contributed by atoms with Gasteiger partial charge in [-0.2, -0.15) is 0 Å². The number of benzene rings is 2. The summed E-state index contributed by atoms with van der Waals surface area (Å²) in [5.74, 6) is -0.433. The number of alkyl carbamates (subject to hydrolysis) is 1. The molecule has 0 aliphatic carbocycles. The molecule has 0 radical (unpaired) electrons. The Bertz CT molecular complexity index is 1480. The molecule has 11 nitrogen and oxygen atoms in total. The number of nitrogens with zero attached hydrogens (tertiary/aromatic N) is 1. The van der Waals surface area contributed by atoms with E-state index in [-0.39, 0.29) is 6.42 Å². The summed E-state index contributed by atoms with van der Waals surface area (Å²) in [4.78, 5) is 69.0. The van der Waals surface area contributed by atoms with Crippen molar-refractivity contribution in [3.63, 3.8) is 0 Å². The lowest BCUT2D eigenvalue weighted by Gasteiger charge is -2.44. The standard InChI is InChI=1S/C37H50N4O7/c1-11-24-18-20-26(21-19-24)30(31(43)39-28(33(45)47-35(3,4)5)22-25-16-14-13-15-17-25)41(37(9,10)12-2)32(44)27(23-29(38)42)40-34(46)48-36(6,7)8/h1,13-21,27-28,30H,12,22-23H2,2-10H3,(H2,38,42)(H,39,43)(H,40,46). The normalized spacial score (nSPS) is 13.6. The van der Waals surface area contributed by atoms with E-state index in [2.05, 4.69) is 16.6 Å². The predicted molar refractivity (Wildman–Crippen MR) is 183 cm³/mol. The molecule has 0 saturated carbocycles. The smallest absolute Gasteiger partial charge is 0.408 e. The lowest BCUT2D eigenvalue weighted by Crippen LogP contribution is -2.60. The van der Waals surface area contributed by atoms with E-state index < -0.39 is 71.1 Å². The van der Waals surface area contributed by atoms with Gasteiger partial charge in [-0.25, -0.2) is 9.59 Å². The summed E-state index contributed by atoms with van der Waals surface area (Å²) in [7, 11) is 0. The zero-order valence-corrected chi connectivity index (χ0v) is 29.5. The molecule has 0 aliphatic rings. The van der Waals surface area contributed by atoms with Gasteiger partial charge in [0, 0.05) is 17.5 Å². The largest absolute Gasteiger partial charge is 0.458 e. The van der Waals surface area contributed by atoms with Gasteiger partial charge >= 0.3 is 12.1 Å². The van der Waals surface area contributed by atoms with E-state index in [0.717, 1.165) is 5.56 Å².